The van der Waals surface area contributed by atoms with Gasteiger partial charge in [-0.05, 0) is 50.8 Å². The van der Waals surface area contributed by atoms with Gasteiger partial charge in [0, 0.05) is 49.0 Å². The van der Waals surface area contributed by atoms with E-state index in [9.17, 15) is 4.79 Å². The largest absolute Gasteiger partial charge is 0.420 e. The summed E-state index contributed by atoms with van der Waals surface area (Å²) >= 11 is 0. The molecule has 1 amide bonds. The molecule has 0 spiro atoms. The summed E-state index contributed by atoms with van der Waals surface area (Å²) in [5, 5.41) is 11.6. The van der Waals surface area contributed by atoms with Gasteiger partial charge in [0.25, 0.3) is 5.91 Å². The minimum atomic E-state index is -0.0844. The van der Waals surface area contributed by atoms with Gasteiger partial charge < -0.3 is 19.5 Å². The molecule has 2 aliphatic heterocycles. The first-order chi connectivity index (χ1) is 15.7. The molecule has 2 aromatic heterocycles. The van der Waals surface area contributed by atoms with Gasteiger partial charge in [-0.2, -0.15) is 4.98 Å². The number of nitrogens with one attached hydrogen (secondary N) is 1. The van der Waals surface area contributed by atoms with Gasteiger partial charge in [-0.25, -0.2) is 4.98 Å². The van der Waals surface area contributed by atoms with Crippen molar-refractivity contribution in [2.75, 3.05) is 34.8 Å². The molecule has 1 atom stereocenters. The van der Waals surface area contributed by atoms with E-state index in [0.29, 0.717) is 35.8 Å². The number of carbonyl (C=O) groups is 1. The Kier molecular flexibility index (Phi) is 4.55. The van der Waals surface area contributed by atoms with E-state index in [4.69, 9.17) is 9.40 Å². The molecule has 0 radical (unpaired) electrons. The van der Waals surface area contributed by atoms with E-state index in [0.717, 1.165) is 55.8 Å². The fraction of sp³-hybridized carbons (Fsp3) is 0.435. The lowest BCUT2D eigenvalue weighted by atomic mass is 10.1. The molecular weight excluding hydrogens is 406 g/mol. The zero-order valence-corrected chi connectivity index (χ0v) is 18.0. The molecule has 1 saturated heterocycles. The molecule has 1 unspecified atom stereocenters. The Labute approximate surface area is 185 Å². The topological polar surface area (TPSA) is 100 Å². The van der Waals surface area contributed by atoms with Crippen molar-refractivity contribution in [2.24, 2.45) is 0 Å². The number of fused-ring (bicyclic) bond motifs is 3. The molecular formula is C23H25N7O2. The van der Waals surface area contributed by atoms with Gasteiger partial charge in [0.15, 0.2) is 0 Å². The van der Waals surface area contributed by atoms with Crippen LogP contribution >= 0.6 is 0 Å². The Hall–Kier alpha value is -3.49. The van der Waals surface area contributed by atoms with E-state index < -0.39 is 0 Å². The van der Waals surface area contributed by atoms with Crippen LogP contribution in [0, 0.1) is 0 Å². The van der Waals surface area contributed by atoms with E-state index in [2.05, 4.69) is 25.4 Å². The summed E-state index contributed by atoms with van der Waals surface area (Å²) in [7, 11) is 0. The van der Waals surface area contributed by atoms with Crippen molar-refractivity contribution in [1.82, 2.24) is 20.2 Å². The van der Waals surface area contributed by atoms with Gasteiger partial charge in [-0.15, -0.1) is 10.2 Å². The number of anilines is 3. The Balaban J connectivity index is 1.37. The van der Waals surface area contributed by atoms with E-state index in [1.807, 2.05) is 36.1 Å². The minimum Gasteiger partial charge on any atom is -0.420 e. The summed E-state index contributed by atoms with van der Waals surface area (Å²) in [5.41, 5.74) is 2.17. The summed E-state index contributed by atoms with van der Waals surface area (Å²) < 4.78 is 5.89. The number of aromatic nitrogens is 4. The first kappa shape index (κ1) is 19.2. The van der Waals surface area contributed by atoms with Crippen molar-refractivity contribution in [3.8, 4) is 11.5 Å². The molecule has 9 nitrogen and oxygen atoms in total. The summed E-state index contributed by atoms with van der Waals surface area (Å²) in [6, 6.07) is 8.01. The second-order valence-corrected chi connectivity index (χ2v) is 8.64. The SMILES string of the molecule is CCNc1ncc2c(n1)N1CCCC1CN(c1cccc(-c3nnc(C4CC4)o3)c1)C2=O. The van der Waals surface area contributed by atoms with Crippen LogP contribution in [0.4, 0.5) is 17.5 Å². The van der Waals surface area contributed by atoms with Crippen molar-refractivity contribution in [2.45, 2.75) is 44.6 Å². The number of hydrogen-bond donors (Lipinski definition) is 1. The summed E-state index contributed by atoms with van der Waals surface area (Å²) in [6.07, 6.45) is 5.98. The molecule has 6 rings (SSSR count). The predicted octanol–water partition coefficient (Wildman–Crippen LogP) is 3.47. The number of hydrogen-bond acceptors (Lipinski definition) is 8. The van der Waals surface area contributed by atoms with Gasteiger partial charge in [0.1, 0.15) is 11.4 Å². The van der Waals surface area contributed by atoms with Crippen molar-refractivity contribution in [3.63, 3.8) is 0 Å². The molecule has 32 heavy (non-hydrogen) atoms. The van der Waals surface area contributed by atoms with E-state index >= 15 is 0 Å². The number of rotatable bonds is 5. The third-order valence-corrected chi connectivity index (χ3v) is 6.39. The molecule has 3 aromatic rings. The smallest absolute Gasteiger partial charge is 0.263 e. The highest BCUT2D eigenvalue weighted by Crippen LogP contribution is 2.40. The van der Waals surface area contributed by atoms with Crippen LogP contribution in [-0.4, -0.2) is 51.7 Å². The minimum absolute atomic E-state index is 0.0844. The van der Waals surface area contributed by atoms with Gasteiger partial charge in [-0.3, -0.25) is 4.79 Å². The fourth-order valence-electron chi connectivity index (χ4n) is 4.61. The van der Waals surface area contributed by atoms with E-state index in [1.165, 1.54) is 0 Å². The van der Waals surface area contributed by atoms with Crippen LogP contribution in [0.25, 0.3) is 11.5 Å². The summed E-state index contributed by atoms with van der Waals surface area (Å²) in [6.45, 7) is 4.23. The maximum Gasteiger partial charge on any atom is 0.263 e. The normalized spacial score (nSPS) is 20.2. The van der Waals surface area contributed by atoms with Crippen molar-refractivity contribution >= 4 is 23.4 Å². The lowest BCUT2D eigenvalue weighted by Crippen LogP contribution is -2.39. The Morgan fingerprint density at radius 1 is 1.22 bits per heavy atom. The van der Waals surface area contributed by atoms with E-state index in [1.54, 1.807) is 6.20 Å². The lowest BCUT2D eigenvalue weighted by Gasteiger charge is -2.27. The summed E-state index contributed by atoms with van der Waals surface area (Å²) in [5.74, 6) is 2.82. The van der Waals surface area contributed by atoms with Crippen LogP contribution in [0.3, 0.4) is 0 Å². The van der Waals surface area contributed by atoms with Crippen LogP contribution in [0.1, 0.15) is 54.8 Å². The molecule has 1 aliphatic carbocycles. The Bertz CT molecular complexity index is 1170. The second-order valence-electron chi connectivity index (χ2n) is 8.64. The third-order valence-electron chi connectivity index (χ3n) is 6.39. The molecule has 4 heterocycles. The van der Waals surface area contributed by atoms with Crippen LogP contribution < -0.4 is 15.1 Å². The lowest BCUT2D eigenvalue weighted by molar-refractivity contribution is 0.0988. The average molecular weight is 432 g/mol. The highest BCUT2D eigenvalue weighted by atomic mass is 16.4. The maximum absolute atomic E-state index is 13.6. The van der Waals surface area contributed by atoms with Gasteiger partial charge in [0.05, 0.1) is 0 Å². The van der Waals surface area contributed by atoms with E-state index in [-0.39, 0.29) is 11.9 Å². The Morgan fingerprint density at radius 2 is 2.12 bits per heavy atom. The third kappa shape index (κ3) is 3.28. The second kappa shape index (κ2) is 7.58. The van der Waals surface area contributed by atoms with Crippen LogP contribution in [0.5, 0.6) is 0 Å². The molecule has 9 heteroatoms. The maximum atomic E-state index is 13.6. The molecule has 3 aliphatic rings. The molecule has 1 aromatic carbocycles. The highest BCUT2D eigenvalue weighted by molar-refractivity contribution is 6.10. The number of benzene rings is 1. The molecule has 1 saturated carbocycles. The van der Waals surface area contributed by atoms with Gasteiger partial charge >= 0.3 is 0 Å². The summed E-state index contributed by atoms with van der Waals surface area (Å²) in [4.78, 5) is 26.8. The predicted molar refractivity (Wildman–Crippen MR) is 120 cm³/mol. The highest BCUT2D eigenvalue weighted by Gasteiger charge is 2.37. The van der Waals surface area contributed by atoms with Crippen LogP contribution in [0.15, 0.2) is 34.9 Å². The van der Waals surface area contributed by atoms with Crippen molar-refractivity contribution in [3.05, 3.63) is 41.9 Å². The Morgan fingerprint density at radius 3 is 2.97 bits per heavy atom. The number of amides is 1. The standard InChI is InChI=1S/C23H25N7O2/c1-2-24-23-25-12-18-19(26-23)29-10-4-7-17(29)13-30(22(18)31)16-6-3-5-15(11-16)21-28-27-20(32-21)14-8-9-14/h3,5-6,11-12,14,17H,2,4,7-10,13H2,1H3,(H,24,25,26). The molecule has 2 fully saturated rings. The van der Waals surface area contributed by atoms with Gasteiger partial charge in [0.2, 0.25) is 17.7 Å². The number of carbonyl (C=O) groups excluding carboxylic acids is 1. The van der Waals surface area contributed by atoms with Crippen molar-refractivity contribution < 1.29 is 9.21 Å². The molecule has 1 N–H and O–H groups in total. The zero-order valence-electron chi connectivity index (χ0n) is 18.0. The van der Waals surface area contributed by atoms with Crippen LogP contribution in [-0.2, 0) is 0 Å². The fourth-order valence-corrected chi connectivity index (χ4v) is 4.61. The first-order valence-corrected chi connectivity index (χ1v) is 11.3. The zero-order chi connectivity index (χ0) is 21.7. The number of nitrogens with zero attached hydrogens (tertiary/aromatic N) is 6. The van der Waals surface area contributed by atoms with Gasteiger partial charge in [-0.1, -0.05) is 6.07 Å². The van der Waals surface area contributed by atoms with Crippen molar-refractivity contribution in [1.29, 1.82) is 0 Å². The monoisotopic (exact) mass is 431 g/mol. The molecule has 0 bridgehead atoms. The van der Waals surface area contributed by atoms with Crippen LogP contribution in [0.2, 0.25) is 0 Å². The quantitative estimate of drug-likeness (QED) is 0.656. The average Bonchev–Trinajstić information content (AvgIpc) is 3.39. The first-order valence-electron chi connectivity index (χ1n) is 11.3. The molecule has 164 valence electrons.